The van der Waals surface area contributed by atoms with Crippen molar-refractivity contribution in [2.24, 2.45) is 0 Å². The molecule has 0 aromatic heterocycles. The summed E-state index contributed by atoms with van der Waals surface area (Å²) in [7, 11) is 0. The Morgan fingerprint density at radius 2 is 2.31 bits per heavy atom. The first-order valence-electron chi connectivity index (χ1n) is 3.77. The Morgan fingerprint density at radius 1 is 1.62 bits per heavy atom. The number of aliphatic carboxylic acids is 1. The molecular weight excluding hydrogens is 194 g/mol. The Kier molecular flexibility index (Phi) is 3.30. The summed E-state index contributed by atoms with van der Waals surface area (Å²) in [5, 5.41) is 10.7. The highest BCUT2D eigenvalue weighted by molar-refractivity contribution is 8.14. The molecule has 6 heteroatoms. The van der Waals surface area contributed by atoms with Crippen molar-refractivity contribution in [2.45, 2.75) is 18.9 Å². The van der Waals surface area contributed by atoms with Gasteiger partial charge in [0.2, 0.25) is 11.0 Å². The first-order valence-corrected chi connectivity index (χ1v) is 4.76. The molecule has 5 nitrogen and oxygen atoms in total. The molecule has 1 amide bonds. The van der Waals surface area contributed by atoms with Crippen LogP contribution in [0.1, 0.15) is 12.8 Å². The molecule has 72 valence electrons. The fraction of sp³-hybridized carbons (Fsp3) is 0.571. The number of carboxylic acids is 1. The van der Waals surface area contributed by atoms with Gasteiger partial charge in [-0.25, -0.2) is 0 Å². The highest BCUT2D eigenvalue weighted by Gasteiger charge is 2.26. The van der Waals surface area contributed by atoms with Gasteiger partial charge in [0.15, 0.2) is 0 Å². The second-order valence-electron chi connectivity index (χ2n) is 2.66. The number of carbonyl (C=O) groups is 3. The zero-order valence-electron chi connectivity index (χ0n) is 6.78. The largest absolute Gasteiger partial charge is 0.481 e. The fourth-order valence-electron chi connectivity index (χ4n) is 0.990. The maximum Gasteiger partial charge on any atom is 0.303 e. The van der Waals surface area contributed by atoms with Crippen LogP contribution in [0, 0.1) is 0 Å². The van der Waals surface area contributed by atoms with E-state index in [1.165, 1.54) is 0 Å². The lowest BCUT2D eigenvalue weighted by molar-refractivity contribution is -0.137. The standard InChI is InChI=1S/C7H9NO4S/c9-5-3-13-7(12)4(8-5)1-2-6(10)11/h4H,1-3H2,(H,8,9)(H,10,11)/t4-/m0/s1. The van der Waals surface area contributed by atoms with E-state index in [0.29, 0.717) is 0 Å². The molecule has 1 fully saturated rings. The molecule has 0 radical (unpaired) electrons. The second-order valence-corrected chi connectivity index (χ2v) is 3.64. The van der Waals surface area contributed by atoms with Crippen LogP contribution in [-0.4, -0.2) is 33.9 Å². The maximum atomic E-state index is 11.1. The Morgan fingerprint density at radius 3 is 2.92 bits per heavy atom. The van der Waals surface area contributed by atoms with Crippen LogP contribution in [0.25, 0.3) is 0 Å². The number of thioether (sulfide) groups is 1. The molecule has 1 rings (SSSR count). The lowest BCUT2D eigenvalue weighted by atomic mass is 10.1. The van der Waals surface area contributed by atoms with Crippen molar-refractivity contribution in [1.82, 2.24) is 5.32 Å². The van der Waals surface area contributed by atoms with Crippen molar-refractivity contribution < 1.29 is 19.5 Å². The van der Waals surface area contributed by atoms with E-state index >= 15 is 0 Å². The van der Waals surface area contributed by atoms with Gasteiger partial charge in [0.25, 0.3) is 0 Å². The quantitative estimate of drug-likeness (QED) is 0.652. The first kappa shape index (κ1) is 10.0. The highest BCUT2D eigenvalue weighted by atomic mass is 32.2. The van der Waals surface area contributed by atoms with E-state index in [0.717, 1.165) is 11.8 Å². The molecule has 0 aliphatic carbocycles. The van der Waals surface area contributed by atoms with E-state index in [9.17, 15) is 14.4 Å². The fourth-order valence-corrected chi connectivity index (χ4v) is 1.72. The molecule has 1 aliphatic heterocycles. The van der Waals surface area contributed by atoms with Crippen LogP contribution in [0.3, 0.4) is 0 Å². The number of hydrogen-bond donors (Lipinski definition) is 2. The van der Waals surface area contributed by atoms with Gasteiger partial charge in [-0.05, 0) is 6.42 Å². The maximum absolute atomic E-state index is 11.1. The molecule has 0 aromatic carbocycles. The van der Waals surface area contributed by atoms with Crippen LogP contribution in [-0.2, 0) is 14.4 Å². The molecule has 0 spiro atoms. The summed E-state index contributed by atoms with van der Waals surface area (Å²) in [5.74, 6) is -1.03. The first-order chi connectivity index (χ1) is 6.09. The summed E-state index contributed by atoms with van der Waals surface area (Å²) in [6.45, 7) is 0. The van der Waals surface area contributed by atoms with E-state index in [4.69, 9.17) is 5.11 Å². The van der Waals surface area contributed by atoms with Gasteiger partial charge in [-0.3, -0.25) is 14.4 Å². The average Bonchev–Trinajstić information content (AvgIpc) is 2.06. The van der Waals surface area contributed by atoms with Crippen LogP contribution < -0.4 is 5.32 Å². The molecule has 2 N–H and O–H groups in total. The molecule has 1 heterocycles. The SMILES string of the molecule is O=C(O)CC[C@@H]1NC(=O)CSC1=O. The van der Waals surface area contributed by atoms with E-state index in [1.54, 1.807) is 0 Å². The zero-order valence-corrected chi connectivity index (χ0v) is 7.60. The normalized spacial score (nSPS) is 22.6. The van der Waals surface area contributed by atoms with E-state index in [1.807, 2.05) is 0 Å². The number of rotatable bonds is 3. The van der Waals surface area contributed by atoms with Gasteiger partial charge >= 0.3 is 5.97 Å². The molecule has 1 saturated heterocycles. The third kappa shape index (κ3) is 3.06. The number of carboxylic acid groups (broad SMARTS) is 1. The summed E-state index contributed by atoms with van der Waals surface area (Å²) in [6, 6.07) is -0.623. The molecule has 1 aliphatic rings. The van der Waals surface area contributed by atoms with Gasteiger partial charge in [0.1, 0.15) is 0 Å². The molecule has 0 unspecified atom stereocenters. The van der Waals surface area contributed by atoms with Gasteiger partial charge in [-0.2, -0.15) is 0 Å². The molecule has 13 heavy (non-hydrogen) atoms. The predicted molar refractivity (Wildman–Crippen MR) is 46.3 cm³/mol. The minimum atomic E-state index is -0.961. The third-order valence-corrected chi connectivity index (χ3v) is 2.59. The van der Waals surface area contributed by atoms with Crippen molar-refractivity contribution >= 4 is 28.8 Å². The molecule has 1 atom stereocenters. The van der Waals surface area contributed by atoms with Crippen molar-refractivity contribution in [3.8, 4) is 0 Å². The zero-order chi connectivity index (χ0) is 9.84. The number of carbonyl (C=O) groups excluding carboxylic acids is 2. The summed E-state index contributed by atoms with van der Waals surface area (Å²) in [6.07, 6.45) is 0.0736. The van der Waals surface area contributed by atoms with Crippen LogP contribution >= 0.6 is 11.8 Å². The summed E-state index contributed by atoms with van der Waals surface area (Å²) in [5.41, 5.74) is 0. The van der Waals surface area contributed by atoms with Gasteiger partial charge in [0, 0.05) is 6.42 Å². The Balaban J connectivity index is 2.42. The van der Waals surface area contributed by atoms with Crippen molar-refractivity contribution in [1.29, 1.82) is 0 Å². The topological polar surface area (TPSA) is 83.5 Å². The van der Waals surface area contributed by atoms with E-state index in [-0.39, 0.29) is 29.6 Å². The highest BCUT2D eigenvalue weighted by Crippen LogP contribution is 2.14. The average molecular weight is 203 g/mol. The molecule has 0 saturated carbocycles. The minimum Gasteiger partial charge on any atom is -0.481 e. The van der Waals surface area contributed by atoms with Gasteiger partial charge < -0.3 is 10.4 Å². The van der Waals surface area contributed by atoms with Crippen LogP contribution in [0.4, 0.5) is 0 Å². The van der Waals surface area contributed by atoms with E-state index < -0.39 is 12.0 Å². The van der Waals surface area contributed by atoms with Gasteiger partial charge in [0.05, 0.1) is 11.8 Å². The minimum absolute atomic E-state index is 0.1000. The number of nitrogens with one attached hydrogen (secondary N) is 1. The lowest BCUT2D eigenvalue weighted by Gasteiger charge is -2.20. The number of hydrogen-bond acceptors (Lipinski definition) is 4. The van der Waals surface area contributed by atoms with Gasteiger partial charge in [-0.15, -0.1) is 0 Å². The van der Waals surface area contributed by atoms with E-state index in [2.05, 4.69) is 5.32 Å². The van der Waals surface area contributed by atoms with Crippen LogP contribution in [0.15, 0.2) is 0 Å². The lowest BCUT2D eigenvalue weighted by Crippen LogP contribution is -2.45. The Bertz CT molecular complexity index is 253. The second kappa shape index (κ2) is 4.27. The summed E-state index contributed by atoms with van der Waals surface area (Å²) in [4.78, 5) is 32.1. The third-order valence-electron chi connectivity index (χ3n) is 1.61. The predicted octanol–water partition coefficient (Wildman–Crippen LogP) is -0.391. The Hall–Kier alpha value is -1.04. The monoisotopic (exact) mass is 203 g/mol. The smallest absolute Gasteiger partial charge is 0.303 e. The summed E-state index contributed by atoms with van der Waals surface area (Å²) < 4.78 is 0. The Labute approximate surface area is 78.9 Å². The van der Waals surface area contributed by atoms with Crippen molar-refractivity contribution in [3.63, 3.8) is 0 Å². The molecule has 0 bridgehead atoms. The van der Waals surface area contributed by atoms with Crippen LogP contribution in [0.5, 0.6) is 0 Å². The molecular formula is C7H9NO4S. The van der Waals surface area contributed by atoms with Crippen LogP contribution in [0.2, 0.25) is 0 Å². The van der Waals surface area contributed by atoms with Crippen molar-refractivity contribution in [2.75, 3.05) is 5.75 Å². The number of amides is 1. The molecule has 0 aromatic rings. The summed E-state index contributed by atoms with van der Waals surface area (Å²) >= 11 is 0.942. The van der Waals surface area contributed by atoms with Crippen molar-refractivity contribution in [3.05, 3.63) is 0 Å². The van der Waals surface area contributed by atoms with Gasteiger partial charge in [-0.1, -0.05) is 11.8 Å².